The van der Waals surface area contributed by atoms with Gasteiger partial charge in [-0.05, 0) is 37.1 Å². The second kappa shape index (κ2) is 5.08. The van der Waals surface area contributed by atoms with Gasteiger partial charge in [0.2, 0.25) is 5.91 Å². The number of nitrogens with one attached hydrogen (secondary N) is 1. The summed E-state index contributed by atoms with van der Waals surface area (Å²) in [4.78, 5) is 13.6. The van der Waals surface area contributed by atoms with Crippen molar-refractivity contribution in [3.8, 4) is 5.75 Å². The first kappa shape index (κ1) is 11.8. The molecule has 4 nitrogen and oxygen atoms in total. The third-order valence-electron chi connectivity index (χ3n) is 3.02. The molecule has 0 saturated heterocycles. The lowest BCUT2D eigenvalue weighted by atomic mass is 10.3. The van der Waals surface area contributed by atoms with Crippen LogP contribution in [-0.2, 0) is 4.79 Å². The van der Waals surface area contributed by atoms with E-state index in [2.05, 4.69) is 5.32 Å². The summed E-state index contributed by atoms with van der Waals surface area (Å²) in [6.45, 7) is 0.347. The van der Waals surface area contributed by atoms with Gasteiger partial charge < -0.3 is 15.0 Å². The Morgan fingerprint density at radius 2 is 2.06 bits per heavy atom. The Bertz CT molecular complexity index is 385. The maximum absolute atomic E-state index is 11.8. The Morgan fingerprint density at radius 1 is 1.41 bits per heavy atom. The van der Waals surface area contributed by atoms with E-state index in [0.29, 0.717) is 12.6 Å². The van der Waals surface area contributed by atoms with E-state index in [4.69, 9.17) is 4.74 Å². The Morgan fingerprint density at radius 3 is 2.59 bits per heavy atom. The number of anilines is 1. The van der Waals surface area contributed by atoms with Crippen molar-refractivity contribution in [1.82, 2.24) is 4.90 Å². The van der Waals surface area contributed by atoms with E-state index in [1.807, 2.05) is 36.2 Å². The Kier molecular flexibility index (Phi) is 3.52. The van der Waals surface area contributed by atoms with E-state index < -0.39 is 0 Å². The third-order valence-corrected chi connectivity index (χ3v) is 3.02. The third kappa shape index (κ3) is 3.12. The standard InChI is InChI=1S/C13H18N2O2/c1-15(11-5-6-11)13(16)9-14-10-3-7-12(17-2)8-4-10/h3-4,7-8,11,14H,5-6,9H2,1-2H3. The highest BCUT2D eigenvalue weighted by Gasteiger charge is 2.29. The van der Waals surface area contributed by atoms with Crippen LogP contribution in [0.15, 0.2) is 24.3 Å². The fourth-order valence-electron chi connectivity index (χ4n) is 1.68. The van der Waals surface area contributed by atoms with Gasteiger partial charge in [0.05, 0.1) is 13.7 Å². The van der Waals surface area contributed by atoms with Gasteiger partial charge in [-0.3, -0.25) is 4.79 Å². The number of hydrogen-bond donors (Lipinski definition) is 1. The number of methoxy groups -OCH3 is 1. The van der Waals surface area contributed by atoms with Gasteiger partial charge in [-0.25, -0.2) is 0 Å². The summed E-state index contributed by atoms with van der Waals surface area (Å²) in [6, 6.07) is 8.03. The molecule has 1 amide bonds. The lowest BCUT2D eigenvalue weighted by molar-refractivity contribution is -0.128. The Hall–Kier alpha value is -1.71. The largest absolute Gasteiger partial charge is 0.497 e. The van der Waals surface area contributed by atoms with Crippen LogP contribution in [-0.4, -0.2) is 37.6 Å². The van der Waals surface area contributed by atoms with E-state index >= 15 is 0 Å². The number of nitrogens with zero attached hydrogens (tertiary/aromatic N) is 1. The molecular formula is C13H18N2O2. The summed E-state index contributed by atoms with van der Waals surface area (Å²) < 4.78 is 5.07. The summed E-state index contributed by atoms with van der Waals surface area (Å²) in [5.41, 5.74) is 0.934. The molecule has 0 aromatic heterocycles. The number of rotatable bonds is 5. The van der Waals surface area contributed by atoms with E-state index in [0.717, 1.165) is 24.3 Å². The van der Waals surface area contributed by atoms with Crippen LogP contribution < -0.4 is 10.1 Å². The minimum atomic E-state index is 0.142. The van der Waals surface area contributed by atoms with Gasteiger partial charge in [-0.1, -0.05) is 0 Å². The zero-order valence-corrected chi connectivity index (χ0v) is 10.3. The van der Waals surface area contributed by atoms with Crippen molar-refractivity contribution in [1.29, 1.82) is 0 Å². The molecule has 2 rings (SSSR count). The number of amides is 1. The molecular weight excluding hydrogens is 216 g/mol. The molecule has 1 N–H and O–H groups in total. The Labute approximate surface area is 102 Å². The van der Waals surface area contributed by atoms with Gasteiger partial charge in [0.1, 0.15) is 5.75 Å². The fraction of sp³-hybridized carbons (Fsp3) is 0.462. The monoisotopic (exact) mass is 234 g/mol. The number of hydrogen-bond acceptors (Lipinski definition) is 3. The van der Waals surface area contributed by atoms with Crippen molar-refractivity contribution in [2.24, 2.45) is 0 Å². The molecule has 0 unspecified atom stereocenters. The first-order chi connectivity index (χ1) is 8.20. The highest BCUT2D eigenvalue weighted by molar-refractivity contribution is 5.81. The molecule has 0 atom stereocenters. The van der Waals surface area contributed by atoms with Crippen LogP contribution in [0.4, 0.5) is 5.69 Å². The number of likely N-dealkylation sites (N-methyl/N-ethyl adjacent to an activating group) is 1. The quantitative estimate of drug-likeness (QED) is 0.843. The molecule has 0 spiro atoms. The number of ether oxygens (including phenoxy) is 1. The van der Waals surface area contributed by atoms with E-state index in [1.165, 1.54) is 0 Å². The summed E-state index contributed by atoms with van der Waals surface area (Å²) in [6.07, 6.45) is 2.29. The van der Waals surface area contributed by atoms with Gasteiger partial charge in [0, 0.05) is 18.8 Å². The molecule has 92 valence electrons. The van der Waals surface area contributed by atoms with Crippen molar-refractivity contribution in [3.63, 3.8) is 0 Å². The highest BCUT2D eigenvalue weighted by Crippen LogP contribution is 2.25. The van der Waals surface area contributed by atoms with Crippen molar-refractivity contribution in [2.75, 3.05) is 26.0 Å². The summed E-state index contributed by atoms with van der Waals surface area (Å²) in [5, 5.41) is 3.11. The van der Waals surface area contributed by atoms with E-state index in [1.54, 1.807) is 7.11 Å². The zero-order chi connectivity index (χ0) is 12.3. The number of carbonyl (C=O) groups excluding carboxylic acids is 1. The lowest BCUT2D eigenvalue weighted by Gasteiger charge is -2.16. The van der Waals surface area contributed by atoms with Crippen LogP contribution in [0.1, 0.15) is 12.8 Å². The highest BCUT2D eigenvalue weighted by atomic mass is 16.5. The van der Waals surface area contributed by atoms with Crippen LogP contribution in [0.3, 0.4) is 0 Å². The molecule has 1 aliphatic carbocycles. The topological polar surface area (TPSA) is 41.6 Å². The number of carbonyl (C=O) groups is 1. The second-order valence-corrected chi connectivity index (χ2v) is 4.32. The van der Waals surface area contributed by atoms with E-state index in [-0.39, 0.29) is 5.91 Å². The van der Waals surface area contributed by atoms with E-state index in [9.17, 15) is 4.79 Å². The second-order valence-electron chi connectivity index (χ2n) is 4.32. The van der Waals surface area contributed by atoms with Gasteiger partial charge in [0.25, 0.3) is 0 Å². The molecule has 1 aromatic rings. The molecule has 17 heavy (non-hydrogen) atoms. The van der Waals surface area contributed by atoms with Gasteiger partial charge in [0.15, 0.2) is 0 Å². The van der Waals surface area contributed by atoms with Crippen LogP contribution in [0.25, 0.3) is 0 Å². The van der Waals surface area contributed by atoms with Crippen LogP contribution >= 0.6 is 0 Å². The Balaban J connectivity index is 1.82. The molecule has 0 radical (unpaired) electrons. The van der Waals surface area contributed by atoms with Crippen LogP contribution in [0, 0.1) is 0 Å². The predicted molar refractivity (Wildman–Crippen MR) is 67.3 cm³/mol. The molecule has 0 aliphatic heterocycles. The molecule has 1 aliphatic rings. The lowest BCUT2D eigenvalue weighted by Crippen LogP contribution is -2.33. The minimum Gasteiger partial charge on any atom is -0.497 e. The minimum absolute atomic E-state index is 0.142. The smallest absolute Gasteiger partial charge is 0.241 e. The average molecular weight is 234 g/mol. The maximum atomic E-state index is 11.8. The predicted octanol–water partition coefficient (Wildman–Crippen LogP) is 1.73. The van der Waals surface area contributed by atoms with Crippen LogP contribution in [0.2, 0.25) is 0 Å². The molecule has 1 aromatic carbocycles. The summed E-state index contributed by atoms with van der Waals surface area (Å²) in [7, 11) is 3.51. The SMILES string of the molecule is COc1ccc(NCC(=O)N(C)C2CC2)cc1. The average Bonchev–Trinajstić information content (AvgIpc) is 3.20. The zero-order valence-electron chi connectivity index (χ0n) is 10.3. The molecule has 0 bridgehead atoms. The molecule has 4 heteroatoms. The summed E-state index contributed by atoms with van der Waals surface area (Å²) in [5.74, 6) is 0.959. The van der Waals surface area contributed by atoms with Crippen molar-refractivity contribution < 1.29 is 9.53 Å². The molecule has 1 saturated carbocycles. The molecule has 1 fully saturated rings. The van der Waals surface area contributed by atoms with Crippen molar-refractivity contribution in [3.05, 3.63) is 24.3 Å². The van der Waals surface area contributed by atoms with Gasteiger partial charge in [-0.2, -0.15) is 0 Å². The van der Waals surface area contributed by atoms with Gasteiger partial charge >= 0.3 is 0 Å². The van der Waals surface area contributed by atoms with Crippen molar-refractivity contribution in [2.45, 2.75) is 18.9 Å². The number of benzene rings is 1. The maximum Gasteiger partial charge on any atom is 0.241 e. The van der Waals surface area contributed by atoms with Crippen molar-refractivity contribution >= 4 is 11.6 Å². The van der Waals surface area contributed by atoms with Crippen LogP contribution in [0.5, 0.6) is 5.75 Å². The first-order valence-corrected chi connectivity index (χ1v) is 5.84. The fourth-order valence-corrected chi connectivity index (χ4v) is 1.68. The molecule has 0 heterocycles. The summed E-state index contributed by atoms with van der Waals surface area (Å²) >= 11 is 0. The van der Waals surface area contributed by atoms with Gasteiger partial charge in [-0.15, -0.1) is 0 Å². The first-order valence-electron chi connectivity index (χ1n) is 5.84. The normalized spacial score (nSPS) is 14.2.